The number of aliphatic hydroxyl groups is 1. The molecule has 0 spiro atoms. The summed E-state index contributed by atoms with van der Waals surface area (Å²) < 4.78 is 51.9. The van der Waals surface area contributed by atoms with Crippen LogP contribution in [-0.2, 0) is 15.4 Å². The zero-order chi connectivity index (χ0) is 26.1. The predicted molar refractivity (Wildman–Crippen MR) is 134 cm³/mol. The van der Waals surface area contributed by atoms with Crippen LogP contribution in [0.15, 0.2) is 54.6 Å². The molecule has 10 heteroatoms. The number of hydrogen-bond donors (Lipinski definition) is 1. The van der Waals surface area contributed by atoms with Gasteiger partial charge in [0.2, 0.25) is 0 Å². The highest BCUT2D eigenvalue weighted by Crippen LogP contribution is 2.41. The van der Waals surface area contributed by atoms with Crippen molar-refractivity contribution < 1.29 is 27.1 Å². The third-order valence-electron chi connectivity index (χ3n) is 7.07. The van der Waals surface area contributed by atoms with Crippen LogP contribution in [0.25, 0.3) is 5.57 Å². The maximum atomic E-state index is 14.7. The van der Waals surface area contributed by atoms with E-state index in [1.807, 2.05) is 11.0 Å². The lowest BCUT2D eigenvalue weighted by Crippen LogP contribution is -2.55. The van der Waals surface area contributed by atoms with E-state index < -0.39 is 33.6 Å². The SMILES string of the molecule is CN(C(=O)N1CC(c2cc(F)ccc2F)=CC1(CO)c1ccccc1)C1CCN(CS(C)(=O)=O)CC1. The van der Waals surface area contributed by atoms with Gasteiger partial charge in [0.1, 0.15) is 23.1 Å². The van der Waals surface area contributed by atoms with Crippen molar-refractivity contribution in [3.63, 3.8) is 0 Å². The molecule has 2 aliphatic heterocycles. The molecule has 1 fully saturated rings. The summed E-state index contributed by atoms with van der Waals surface area (Å²) in [4.78, 5) is 18.8. The average molecular weight is 520 g/mol. The normalized spacial score (nSPS) is 21.5. The summed E-state index contributed by atoms with van der Waals surface area (Å²) in [6.45, 7) is 0.629. The molecule has 0 bridgehead atoms. The Morgan fingerprint density at radius 2 is 1.81 bits per heavy atom. The zero-order valence-electron chi connectivity index (χ0n) is 20.4. The van der Waals surface area contributed by atoms with Crippen molar-refractivity contribution >= 4 is 21.4 Å². The molecule has 0 radical (unpaired) electrons. The summed E-state index contributed by atoms with van der Waals surface area (Å²) in [6.07, 6.45) is 4.05. The van der Waals surface area contributed by atoms with Gasteiger partial charge in [-0.2, -0.15) is 0 Å². The van der Waals surface area contributed by atoms with Crippen LogP contribution in [0.1, 0.15) is 24.0 Å². The Labute approximate surface area is 210 Å². The van der Waals surface area contributed by atoms with E-state index in [4.69, 9.17) is 0 Å². The maximum Gasteiger partial charge on any atom is 0.321 e. The van der Waals surface area contributed by atoms with Crippen LogP contribution in [0.4, 0.5) is 13.6 Å². The number of benzene rings is 2. The third kappa shape index (κ3) is 5.30. The molecule has 4 rings (SSSR count). The first-order chi connectivity index (χ1) is 17.0. The number of piperidine rings is 1. The Kier molecular flexibility index (Phi) is 7.49. The Morgan fingerprint density at radius 1 is 1.14 bits per heavy atom. The van der Waals surface area contributed by atoms with Gasteiger partial charge in [-0.15, -0.1) is 0 Å². The van der Waals surface area contributed by atoms with Crippen LogP contribution in [0.2, 0.25) is 0 Å². The van der Waals surface area contributed by atoms with Gasteiger partial charge in [-0.3, -0.25) is 4.90 Å². The molecule has 2 aliphatic rings. The molecule has 1 N–H and O–H groups in total. The van der Waals surface area contributed by atoms with E-state index in [0.717, 1.165) is 18.2 Å². The summed E-state index contributed by atoms with van der Waals surface area (Å²) in [5.74, 6) is -1.22. The van der Waals surface area contributed by atoms with Crippen molar-refractivity contribution in [1.29, 1.82) is 0 Å². The van der Waals surface area contributed by atoms with Crippen LogP contribution in [-0.4, -0.2) is 85.7 Å². The summed E-state index contributed by atoms with van der Waals surface area (Å²) in [6, 6.07) is 11.7. The number of hydrogen-bond acceptors (Lipinski definition) is 5. The highest BCUT2D eigenvalue weighted by molar-refractivity contribution is 7.90. The fourth-order valence-electron chi connectivity index (χ4n) is 5.17. The average Bonchev–Trinajstić information content (AvgIpc) is 3.25. The van der Waals surface area contributed by atoms with E-state index in [1.54, 1.807) is 42.3 Å². The number of carbonyl (C=O) groups excluding carboxylic acids is 1. The number of likely N-dealkylation sites (tertiary alicyclic amines) is 1. The van der Waals surface area contributed by atoms with Gasteiger partial charge in [-0.05, 0) is 48.3 Å². The number of carbonyl (C=O) groups is 1. The van der Waals surface area contributed by atoms with E-state index in [-0.39, 0.29) is 30.1 Å². The first-order valence-corrected chi connectivity index (χ1v) is 13.9. The van der Waals surface area contributed by atoms with Gasteiger partial charge in [-0.1, -0.05) is 30.3 Å². The van der Waals surface area contributed by atoms with Crippen LogP contribution >= 0.6 is 0 Å². The van der Waals surface area contributed by atoms with Gasteiger partial charge in [0.25, 0.3) is 0 Å². The number of sulfone groups is 1. The zero-order valence-corrected chi connectivity index (χ0v) is 21.2. The number of amides is 2. The Morgan fingerprint density at radius 3 is 2.42 bits per heavy atom. The van der Waals surface area contributed by atoms with E-state index in [2.05, 4.69) is 0 Å². The van der Waals surface area contributed by atoms with Crippen molar-refractivity contribution in [2.75, 3.05) is 45.4 Å². The van der Waals surface area contributed by atoms with Gasteiger partial charge in [0.05, 0.1) is 6.61 Å². The minimum Gasteiger partial charge on any atom is -0.393 e. The van der Waals surface area contributed by atoms with Crippen LogP contribution < -0.4 is 0 Å². The number of aliphatic hydroxyl groups excluding tert-OH is 1. The molecule has 36 heavy (non-hydrogen) atoms. The van der Waals surface area contributed by atoms with Gasteiger partial charge >= 0.3 is 6.03 Å². The molecule has 1 saturated heterocycles. The first kappa shape index (κ1) is 26.2. The smallest absolute Gasteiger partial charge is 0.321 e. The van der Waals surface area contributed by atoms with Crippen molar-refractivity contribution in [3.05, 3.63) is 77.4 Å². The molecular formula is C26H31F2N3O4S. The summed E-state index contributed by atoms with van der Waals surface area (Å²) in [5.41, 5.74) is -0.132. The number of urea groups is 1. The summed E-state index contributed by atoms with van der Waals surface area (Å²) >= 11 is 0. The molecule has 2 aromatic carbocycles. The lowest BCUT2D eigenvalue weighted by Gasteiger charge is -2.42. The van der Waals surface area contributed by atoms with Crippen LogP contribution in [0.3, 0.4) is 0 Å². The molecule has 0 aromatic heterocycles. The standard InChI is InChI=1S/C26H31F2N3O4S/c1-29(22-10-12-30(13-11-22)18-36(2,34)35)25(33)31-16-19(23-14-21(27)8-9-24(23)28)15-26(31,17-32)20-6-4-3-5-7-20/h3-9,14-15,22,32H,10-13,16-18H2,1-2H3. The van der Waals surface area contributed by atoms with Gasteiger partial charge in [0, 0.05) is 44.5 Å². The van der Waals surface area contributed by atoms with Crippen molar-refractivity contribution in [2.24, 2.45) is 0 Å². The molecule has 2 heterocycles. The number of nitrogens with zero attached hydrogens (tertiary/aromatic N) is 3. The second kappa shape index (κ2) is 10.3. The Hall–Kier alpha value is -2.82. The van der Waals surface area contributed by atoms with Crippen molar-refractivity contribution in [1.82, 2.24) is 14.7 Å². The first-order valence-electron chi connectivity index (χ1n) is 11.8. The molecule has 7 nitrogen and oxygen atoms in total. The molecule has 0 saturated carbocycles. The minimum absolute atomic E-state index is 0.00801. The molecule has 194 valence electrons. The van der Waals surface area contributed by atoms with Gasteiger partial charge < -0.3 is 14.9 Å². The second-order valence-corrected chi connectivity index (χ2v) is 11.7. The molecule has 2 aromatic rings. The van der Waals surface area contributed by atoms with Crippen LogP contribution in [0, 0.1) is 11.6 Å². The fourth-order valence-corrected chi connectivity index (χ4v) is 6.09. The van der Waals surface area contributed by atoms with E-state index in [0.29, 0.717) is 37.1 Å². The van der Waals surface area contributed by atoms with Gasteiger partial charge in [0.15, 0.2) is 9.84 Å². The monoisotopic (exact) mass is 519 g/mol. The summed E-state index contributed by atoms with van der Waals surface area (Å²) in [5, 5.41) is 10.6. The van der Waals surface area contributed by atoms with E-state index >= 15 is 0 Å². The third-order valence-corrected chi connectivity index (χ3v) is 7.90. The topological polar surface area (TPSA) is 81.2 Å². The Balaban J connectivity index is 1.63. The second-order valence-electron chi connectivity index (χ2n) is 9.63. The number of rotatable bonds is 6. The quantitative estimate of drug-likeness (QED) is 0.635. The summed E-state index contributed by atoms with van der Waals surface area (Å²) in [7, 11) is -1.45. The highest BCUT2D eigenvalue weighted by atomic mass is 32.2. The molecule has 1 unspecified atom stereocenters. The molecule has 1 atom stereocenters. The molecule has 0 aliphatic carbocycles. The van der Waals surface area contributed by atoms with Crippen molar-refractivity contribution in [2.45, 2.75) is 24.4 Å². The molecular weight excluding hydrogens is 488 g/mol. The molecule has 2 amide bonds. The van der Waals surface area contributed by atoms with Crippen LogP contribution in [0.5, 0.6) is 0 Å². The van der Waals surface area contributed by atoms with Crippen molar-refractivity contribution in [3.8, 4) is 0 Å². The minimum atomic E-state index is -3.13. The van der Waals surface area contributed by atoms with E-state index in [1.165, 1.54) is 11.2 Å². The number of halogens is 2. The van der Waals surface area contributed by atoms with E-state index in [9.17, 15) is 27.1 Å². The largest absolute Gasteiger partial charge is 0.393 e. The Bertz CT molecular complexity index is 1250. The van der Waals surface area contributed by atoms with Gasteiger partial charge in [-0.25, -0.2) is 22.0 Å². The fraction of sp³-hybridized carbons (Fsp3) is 0.423. The lowest BCUT2D eigenvalue weighted by atomic mass is 9.89. The predicted octanol–water partition coefficient (Wildman–Crippen LogP) is 3.07. The maximum absolute atomic E-state index is 14.7. The highest BCUT2D eigenvalue weighted by Gasteiger charge is 2.46. The lowest BCUT2D eigenvalue weighted by molar-refractivity contribution is 0.0698.